The second kappa shape index (κ2) is 25.0. The van der Waals surface area contributed by atoms with Gasteiger partial charge in [-0.05, 0) is 120 Å². The van der Waals surface area contributed by atoms with E-state index >= 15 is 0 Å². The molecule has 6 aromatic carbocycles. The van der Waals surface area contributed by atoms with E-state index in [0.29, 0.717) is 30.9 Å². The molecule has 0 aromatic heterocycles. The molecule has 340 valence electrons. The zero-order valence-corrected chi connectivity index (χ0v) is 37.3. The van der Waals surface area contributed by atoms with Crippen molar-refractivity contribution in [2.75, 3.05) is 26.2 Å². The molecular formula is C57H64N6O3. The molecule has 0 spiro atoms. The van der Waals surface area contributed by atoms with Crippen LogP contribution in [0.3, 0.4) is 0 Å². The van der Waals surface area contributed by atoms with E-state index < -0.39 is 5.91 Å². The van der Waals surface area contributed by atoms with Gasteiger partial charge in [0.25, 0.3) is 11.8 Å². The Balaban J connectivity index is 0.000000215. The topological polar surface area (TPSA) is 112 Å². The van der Waals surface area contributed by atoms with Crippen LogP contribution in [0.25, 0.3) is 4.85 Å². The molecule has 66 heavy (non-hydrogen) atoms. The normalized spacial score (nSPS) is 13.1. The summed E-state index contributed by atoms with van der Waals surface area (Å²) in [5, 5.41) is 6.19. The predicted octanol–water partition coefficient (Wildman–Crippen LogP) is 10.3. The van der Waals surface area contributed by atoms with E-state index in [0.717, 1.165) is 112 Å². The van der Waals surface area contributed by atoms with Gasteiger partial charge < -0.3 is 16.4 Å². The van der Waals surface area contributed by atoms with Crippen LogP contribution in [-0.4, -0.2) is 53.7 Å². The van der Waals surface area contributed by atoms with Crippen molar-refractivity contribution in [2.24, 2.45) is 5.73 Å². The molecule has 6 aromatic rings. The van der Waals surface area contributed by atoms with Gasteiger partial charge in [0.05, 0.1) is 6.57 Å². The second-order valence-corrected chi connectivity index (χ2v) is 17.0. The number of hydrogen-bond acceptors (Lipinski definition) is 5. The van der Waals surface area contributed by atoms with E-state index in [1.54, 1.807) is 6.07 Å². The molecule has 0 unspecified atom stereocenters. The summed E-state index contributed by atoms with van der Waals surface area (Å²) in [5.74, 6) is -0.410. The zero-order chi connectivity index (χ0) is 45.2. The molecule has 9 heteroatoms. The van der Waals surface area contributed by atoms with Crippen LogP contribution in [0.4, 0.5) is 5.69 Å². The first kappa shape index (κ1) is 48.6. The predicted molar refractivity (Wildman–Crippen MR) is 266 cm³/mol. The minimum absolute atomic E-state index is 0. The summed E-state index contributed by atoms with van der Waals surface area (Å²) in [7, 11) is 0. The Morgan fingerprint density at radius 3 is 1.48 bits per heavy atom. The van der Waals surface area contributed by atoms with Crippen molar-refractivity contribution in [3.8, 4) is 0 Å². The summed E-state index contributed by atoms with van der Waals surface area (Å²) >= 11 is 0. The molecule has 0 fully saturated rings. The summed E-state index contributed by atoms with van der Waals surface area (Å²) in [6.45, 7) is 13.5. The lowest BCUT2D eigenvalue weighted by Crippen LogP contribution is -2.32. The van der Waals surface area contributed by atoms with Crippen LogP contribution < -0.4 is 16.4 Å². The highest BCUT2D eigenvalue weighted by Gasteiger charge is 2.21. The molecule has 3 amide bonds. The first-order chi connectivity index (χ1) is 31.8. The molecule has 0 radical (unpaired) electrons. The highest BCUT2D eigenvalue weighted by Crippen LogP contribution is 2.26. The van der Waals surface area contributed by atoms with Gasteiger partial charge in [0.1, 0.15) is 0 Å². The third-order valence-corrected chi connectivity index (χ3v) is 12.3. The van der Waals surface area contributed by atoms with Crippen LogP contribution in [0, 0.1) is 6.57 Å². The smallest absolute Gasteiger partial charge is 0.251 e. The second-order valence-electron chi connectivity index (χ2n) is 17.0. The number of nitrogens with zero attached hydrogens (tertiary/aromatic N) is 3. The minimum Gasteiger partial charge on any atom is -0.366 e. The Kier molecular flexibility index (Phi) is 18.4. The molecular weight excluding hydrogens is 817 g/mol. The molecule has 2 aliphatic rings. The van der Waals surface area contributed by atoms with Crippen molar-refractivity contribution in [2.45, 2.75) is 85.0 Å². The largest absolute Gasteiger partial charge is 0.366 e. The van der Waals surface area contributed by atoms with Gasteiger partial charge in [-0.3, -0.25) is 24.2 Å². The van der Waals surface area contributed by atoms with Crippen LogP contribution in [-0.2, 0) is 51.9 Å². The molecule has 2 heterocycles. The number of nitrogens with two attached hydrogens (primary N) is 1. The standard InChI is InChI=1S/C28H31N3O2.C28H29N3O.CH4/c29-27(32)23-14-13-22-15-17-31(20-25(22)18-23)19-24-11-4-5-12-26(24)28(33)30-16-7-6-10-21-8-2-1-3-9-21;1-29-26-15-14-23-16-18-31(21-25(23)19-26)20-24-12-5-6-13-27(24)28(32)30-17-8-7-11-22-9-3-2-4-10-22;/h1-5,8-9,11-14,18H,6-7,10,15-17,19-20H2,(H2,29,32)(H,30,33);2-6,9-10,12-15,19H,7-8,11,16-18,20-21H2,(H,30,32);1H4. The Hall–Kier alpha value is -6.86. The lowest BCUT2D eigenvalue weighted by Gasteiger charge is -2.29. The molecule has 0 saturated heterocycles. The van der Waals surface area contributed by atoms with Crippen LogP contribution >= 0.6 is 0 Å². The maximum absolute atomic E-state index is 12.9. The van der Waals surface area contributed by atoms with Crippen LogP contribution in [0.15, 0.2) is 146 Å². The highest BCUT2D eigenvalue weighted by atomic mass is 16.2. The molecule has 0 bridgehead atoms. The number of unbranched alkanes of at least 4 members (excludes halogenated alkanes) is 2. The fourth-order valence-corrected chi connectivity index (χ4v) is 8.74. The third kappa shape index (κ3) is 14.1. The minimum atomic E-state index is -0.402. The maximum atomic E-state index is 12.9. The first-order valence-corrected chi connectivity index (χ1v) is 23.0. The first-order valence-electron chi connectivity index (χ1n) is 23.0. The summed E-state index contributed by atoms with van der Waals surface area (Å²) in [6, 6.07) is 48.3. The van der Waals surface area contributed by atoms with E-state index in [1.807, 2.05) is 78.9 Å². The van der Waals surface area contributed by atoms with E-state index in [9.17, 15) is 14.4 Å². The quantitative estimate of drug-likeness (QED) is 0.0624. The van der Waals surface area contributed by atoms with Crippen LogP contribution in [0.2, 0.25) is 0 Å². The molecule has 0 aliphatic carbocycles. The molecule has 2 aliphatic heterocycles. The van der Waals surface area contributed by atoms with Gasteiger partial charge in [-0.25, -0.2) is 4.85 Å². The Morgan fingerprint density at radius 2 is 1.00 bits per heavy atom. The van der Waals surface area contributed by atoms with Gasteiger partial charge in [0.15, 0.2) is 5.69 Å². The number of rotatable bonds is 17. The lowest BCUT2D eigenvalue weighted by molar-refractivity contribution is 0.0942. The molecule has 8 rings (SSSR count). The fourth-order valence-electron chi connectivity index (χ4n) is 8.74. The number of fused-ring (bicyclic) bond motifs is 2. The van der Waals surface area contributed by atoms with Gasteiger partial charge in [0, 0.05) is 69.0 Å². The molecule has 9 nitrogen and oxygen atoms in total. The number of aryl methyl sites for hydroxylation is 2. The number of primary amides is 1. The van der Waals surface area contributed by atoms with Crippen molar-refractivity contribution in [3.05, 3.63) is 218 Å². The number of carbonyl (C=O) groups is 3. The summed E-state index contributed by atoms with van der Waals surface area (Å²) < 4.78 is 0. The molecule has 0 saturated carbocycles. The molecule has 0 atom stereocenters. The van der Waals surface area contributed by atoms with E-state index in [2.05, 4.69) is 85.9 Å². The van der Waals surface area contributed by atoms with Crippen molar-refractivity contribution < 1.29 is 14.4 Å². The lowest BCUT2D eigenvalue weighted by atomic mass is 9.96. The third-order valence-electron chi connectivity index (χ3n) is 12.3. The van der Waals surface area contributed by atoms with Gasteiger partial charge >= 0.3 is 0 Å². The highest BCUT2D eigenvalue weighted by molar-refractivity contribution is 5.96. The van der Waals surface area contributed by atoms with Crippen LogP contribution in [0.1, 0.15) is 109 Å². The summed E-state index contributed by atoms with van der Waals surface area (Å²) in [6.07, 6.45) is 7.99. The average Bonchev–Trinajstić information content (AvgIpc) is 3.34. The van der Waals surface area contributed by atoms with Gasteiger partial charge in [-0.1, -0.05) is 129 Å². The van der Waals surface area contributed by atoms with Crippen molar-refractivity contribution in [1.82, 2.24) is 20.4 Å². The van der Waals surface area contributed by atoms with Crippen molar-refractivity contribution in [1.29, 1.82) is 0 Å². The Morgan fingerprint density at radius 1 is 0.545 bits per heavy atom. The Labute approximate surface area is 391 Å². The van der Waals surface area contributed by atoms with E-state index in [1.165, 1.54) is 27.8 Å². The van der Waals surface area contributed by atoms with Gasteiger partial charge in [-0.15, -0.1) is 0 Å². The zero-order valence-electron chi connectivity index (χ0n) is 37.3. The number of nitrogens with one attached hydrogen (secondary N) is 2. The van der Waals surface area contributed by atoms with Crippen molar-refractivity contribution >= 4 is 23.4 Å². The van der Waals surface area contributed by atoms with Gasteiger partial charge in [0.2, 0.25) is 5.91 Å². The summed E-state index contributed by atoms with van der Waals surface area (Å²) in [4.78, 5) is 45.5. The number of amides is 3. The average molecular weight is 881 g/mol. The molecule has 4 N–H and O–H groups in total. The fraction of sp³-hybridized carbons (Fsp3) is 0.298. The van der Waals surface area contributed by atoms with E-state index in [4.69, 9.17) is 12.3 Å². The van der Waals surface area contributed by atoms with E-state index in [-0.39, 0.29) is 19.2 Å². The monoisotopic (exact) mass is 881 g/mol. The number of carbonyl (C=O) groups excluding carboxylic acids is 3. The summed E-state index contributed by atoms with van der Waals surface area (Å²) in [5.41, 5.74) is 17.9. The number of benzene rings is 6. The van der Waals surface area contributed by atoms with Crippen LogP contribution in [0.5, 0.6) is 0 Å². The van der Waals surface area contributed by atoms with Crippen molar-refractivity contribution in [3.63, 3.8) is 0 Å². The number of hydrogen-bond donors (Lipinski definition) is 3. The SMILES string of the molecule is C.NC(=O)c1ccc2c(c1)CN(Cc1ccccc1C(=O)NCCCCc1ccccc1)CC2.[C-]#[N+]c1ccc2c(c1)CN(Cc1ccccc1C(=O)NCCCCc1ccccc1)CC2. The Bertz CT molecular complexity index is 2570. The van der Waals surface area contributed by atoms with Gasteiger partial charge in [-0.2, -0.15) is 0 Å². The maximum Gasteiger partial charge on any atom is 0.251 e.